The molecule has 1 aromatic rings. The quantitative estimate of drug-likeness (QED) is 0.750. The van der Waals surface area contributed by atoms with E-state index in [1.54, 1.807) is 18.0 Å². The molecule has 0 aliphatic heterocycles. The van der Waals surface area contributed by atoms with Gasteiger partial charge in [0.2, 0.25) is 5.91 Å². The summed E-state index contributed by atoms with van der Waals surface area (Å²) in [6.45, 7) is 5.11. The molecule has 0 aliphatic rings. The molecule has 1 aromatic heterocycles. The van der Waals surface area contributed by atoms with E-state index in [2.05, 4.69) is 16.4 Å². The molecule has 18 heavy (non-hydrogen) atoms. The molecular formula is C11H18N6O. The van der Waals surface area contributed by atoms with Gasteiger partial charge in [-0.25, -0.2) is 4.68 Å². The molecule has 1 rings (SSSR count). The van der Waals surface area contributed by atoms with E-state index in [0.29, 0.717) is 25.3 Å². The Morgan fingerprint density at radius 2 is 2.44 bits per heavy atom. The first kappa shape index (κ1) is 14.1. The lowest BCUT2D eigenvalue weighted by atomic mass is 10.2. The van der Waals surface area contributed by atoms with Gasteiger partial charge in [-0.3, -0.25) is 4.79 Å². The third-order valence-electron chi connectivity index (χ3n) is 2.54. The maximum absolute atomic E-state index is 12.0. The lowest BCUT2D eigenvalue weighted by Crippen LogP contribution is -2.36. The van der Waals surface area contributed by atoms with Crippen molar-refractivity contribution in [1.82, 2.24) is 19.9 Å². The number of aromatic nitrogens is 3. The van der Waals surface area contributed by atoms with Crippen LogP contribution in [-0.2, 0) is 17.9 Å². The van der Waals surface area contributed by atoms with Crippen molar-refractivity contribution in [2.45, 2.75) is 26.9 Å². The molecule has 1 heterocycles. The van der Waals surface area contributed by atoms with Crippen LogP contribution in [0.5, 0.6) is 0 Å². The number of likely N-dealkylation sites (N-methyl/N-ethyl adjacent to an activating group) is 1. The van der Waals surface area contributed by atoms with Crippen LogP contribution in [0.4, 0.5) is 0 Å². The summed E-state index contributed by atoms with van der Waals surface area (Å²) in [5.41, 5.74) is 6.07. The SMILES string of the molecule is CCN(CC(C)C#N)C(=O)Cn1cc(CN)nn1. The number of nitrogens with two attached hydrogens (primary N) is 1. The minimum absolute atomic E-state index is 0.0759. The monoisotopic (exact) mass is 250 g/mol. The van der Waals surface area contributed by atoms with E-state index < -0.39 is 0 Å². The van der Waals surface area contributed by atoms with Crippen LogP contribution in [0.25, 0.3) is 0 Å². The number of carbonyl (C=O) groups excluding carboxylic acids is 1. The Bertz CT molecular complexity index is 435. The number of nitriles is 1. The Hall–Kier alpha value is -1.94. The lowest BCUT2D eigenvalue weighted by Gasteiger charge is -2.21. The Kier molecular flexibility index (Phi) is 5.27. The van der Waals surface area contributed by atoms with Crippen molar-refractivity contribution in [3.63, 3.8) is 0 Å². The maximum Gasteiger partial charge on any atom is 0.244 e. The summed E-state index contributed by atoms with van der Waals surface area (Å²) in [5.74, 6) is -0.252. The van der Waals surface area contributed by atoms with Gasteiger partial charge in [0.25, 0.3) is 0 Å². The summed E-state index contributed by atoms with van der Waals surface area (Å²) in [4.78, 5) is 13.6. The number of rotatable bonds is 6. The molecule has 0 fully saturated rings. The zero-order valence-electron chi connectivity index (χ0n) is 10.7. The van der Waals surface area contributed by atoms with E-state index in [4.69, 9.17) is 11.0 Å². The van der Waals surface area contributed by atoms with Gasteiger partial charge < -0.3 is 10.6 Å². The van der Waals surface area contributed by atoms with Crippen molar-refractivity contribution < 1.29 is 4.79 Å². The van der Waals surface area contributed by atoms with Crippen LogP contribution in [0.1, 0.15) is 19.5 Å². The first-order chi connectivity index (χ1) is 8.60. The van der Waals surface area contributed by atoms with E-state index in [1.807, 2.05) is 6.92 Å². The molecular weight excluding hydrogens is 232 g/mol. The van der Waals surface area contributed by atoms with Crippen LogP contribution in [-0.4, -0.2) is 38.9 Å². The van der Waals surface area contributed by atoms with Crippen LogP contribution in [0.15, 0.2) is 6.20 Å². The van der Waals surface area contributed by atoms with Crippen LogP contribution >= 0.6 is 0 Å². The van der Waals surface area contributed by atoms with Crippen molar-refractivity contribution in [2.24, 2.45) is 11.7 Å². The smallest absolute Gasteiger partial charge is 0.244 e. The minimum Gasteiger partial charge on any atom is -0.340 e. The molecule has 7 heteroatoms. The number of nitrogens with zero attached hydrogens (tertiary/aromatic N) is 5. The normalized spacial score (nSPS) is 11.9. The molecule has 2 N–H and O–H groups in total. The second-order valence-electron chi connectivity index (χ2n) is 4.07. The highest BCUT2D eigenvalue weighted by Crippen LogP contribution is 2.01. The van der Waals surface area contributed by atoms with E-state index in [-0.39, 0.29) is 18.4 Å². The summed E-state index contributed by atoms with van der Waals surface area (Å²) >= 11 is 0. The molecule has 0 saturated heterocycles. The highest BCUT2D eigenvalue weighted by Gasteiger charge is 2.15. The fourth-order valence-corrected chi connectivity index (χ4v) is 1.53. The molecule has 0 saturated carbocycles. The third-order valence-corrected chi connectivity index (χ3v) is 2.54. The molecule has 7 nitrogen and oxygen atoms in total. The Labute approximate surface area is 106 Å². The topological polar surface area (TPSA) is 101 Å². The highest BCUT2D eigenvalue weighted by molar-refractivity contribution is 5.75. The molecule has 0 spiro atoms. The Morgan fingerprint density at radius 3 is 2.94 bits per heavy atom. The second-order valence-corrected chi connectivity index (χ2v) is 4.07. The second kappa shape index (κ2) is 6.71. The molecule has 0 aromatic carbocycles. The van der Waals surface area contributed by atoms with E-state index in [1.165, 1.54) is 4.68 Å². The fraction of sp³-hybridized carbons (Fsp3) is 0.636. The van der Waals surface area contributed by atoms with Crippen LogP contribution in [0.2, 0.25) is 0 Å². The van der Waals surface area contributed by atoms with Gasteiger partial charge in [0, 0.05) is 19.6 Å². The van der Waals surface area contributed by atoms with Crippen molar-refractivity contribution in [2.75, 3.05) is 13.1 Å². The van der Waals surface area contributed by atoms with Gasteiger partial charge in [-0.2, -0.15) is 5.26 Å². The first-order valence-corrected chi connectivity index (χ1v) is 5.87. The molecule has 98 valence electrons. The third kappa shape index (κ3) is 3.82. The molecule has 0 bridgehead atoms. The summed E-state index contributed by atoms with van der Waals surface area (Å²) in [7, 11) is 0. The predicted molar refractivity (Wildman–Crippen MR) is 64.9 cm³/mol. The summed E-state index contributed by atoms with van der Waals surface area (Å²) in [6, 6.07) is 2.12. The van der Waals surface area contributed by atoms with Crippen LogP contribution in [0, 0.1) is 17.2 Å². The highest BCUT2D eigenvalue weighted by atomic mass is 16.2. The zero-order valence-corrected chi connectivity index (χ0v) is 10.7. The van der Waals surface area contributed by atoms with Crippen LogP contribution in [0.3, 0.4) is 0 Å². The average molecular weight is 250 g/mol. The van der Waals surface area contributed by atoms with Gasteiger partial charge >= 0.3 is 0 Å². The largest absolute Gasteiger partial charge is 0.340 e. The predicted octanol–water partition coefficient (Wildman–Crippen LogP) is -0.255. The van der Waals surface area contributed by atoms with Crippen molar-refractivity contribution in [3.05, 3.63) is 11.9 Å². The standard InChI is InChI=1S/C11H18N6O/c1-3-16(6-9(2)4-12)11(18)8-17-7-10(5-13)14-15-17/h7,9H,3,5-6,8,13H2,1-2H3. The Balaban J connectivity index is 2.59. The van der Waals surface area contributed by atoms with Gasteiger partial charge in [0.1, 0.15) is 6.54 Å². The molecule has 0 aliphatic carbocycles. The van der Waals surface area contributed by atoms with E-state index in [9.17, 15) is 4.79 Å². The number of hydrogen-bond donors (Lipinski definition) is 1. The van der Waals surface area contributed by atoms with E-state index >= 15 is 0 Å². The van der Waals surface area contributed by atoms with Crippen LogP contribution < -0.4 is 5.73 Å². The summed E-state index contributed by atoms with van der Waals surface area (Å²) in [6.07, 6.45) is 1.65. The van der Waals surface area contributed by atoms with Gasteiger partial charge in [-0.15, -0.1) is 5.10 Å². The molecule has 0 radical (unpaired) electrons. The zero-order chi connectivity index (χ0) is 13.5. The average Bonchev–Trinajstić information content (AvgIpc) is 2.82. The first-order valence-electron chi connectivity index (χ1n) is 5.87. The van der Waals surface area contributed by atoms with E-state index in [0.717, 1.165) is 0 Å². The Morgan fingerprint density at radius 1 is 1.72 bits per heavy atom. The molecule has 1 unspecified atom stereocenters. The van der Waals surface area contributed by atoms with Gasteiger partial charge in [-0.1, -0.05) is 5.21 Å². The van der Waals surface area contributed by atoms with Gasteiger partial charge in [0.15, 0.2) is 0 Å². The number of hydrogen-bond acceptors (Lipinski definition) is 5. The summed E-state index contributed by atoms with van der Waals surface area (Å²) < 4.78 is 1.46. The van der Waals surface area contributed by atoms with Gasteiger partial charge in [0.05, 0.1) is 23.9 Å². The lowest BCUT2D eigenvalue weighted by molar-refractivity contribution is -0.132. The molecule has 1 atom stereocenters. The van der Waals surface area contributed by atoms with Crippen molar-refractivity contribution >= 4 is 5.91 Å². The number of amides is 1. The van der Waals surface area contributed by atoms with Crippen molar-refractivity contribution in [1.29, 1.82) is 5.26 Å². The number of carbonyl (C=O) groups is 1. The van der Waals surface area contributed by atoms with Crippen molar-refractivity contribution in [3.8, 4) is 6.07 Å². The maximum atomic E-state index is 12.0. The minimum atomic E-state index is -0.177. The fourth-order valence-electron chi connectivity index (χ4n) is 1.53. The summed E-state index contributed by atoms with van der Waals surface area (Å²) in [5, 5.41) is 16.4. The van der Waals surface area contributed by atoms with Gasteiger partial charge in [-0.05, 0) is 13.8 Å². The molecule has 1 amide bonds.